The lowest BCUT2D eigenvalue weighted by Crippen LogP contribution is -2.54. The molecule has 0 saturated carbocycles. The summed E-state index contributed by atoms with van der Waals surface area (Å²) < 4.78 is 28.2. The maximum atomic E-state index is 12.5. The molecule has 1 saturated heterocycles. The van der Waals surface area contributed by atoms with E-state index in [1.54, 1.807) is 13.8 Å². The Bertz CT molecular complexity index is 482. The minimum absolute atomic E-state index is 0.0170. The van der Waals surface area contributed by atoms with E-state index in [0.29, 0.717) is 6.42 Å². The number of carbonyl (C=O) groups is 2. The minimum Gasteiger partial charge on any atom is -0.480 e. The zero-order valence-corrected chi connectivity index (χ0v) is 12.8. The van der Waals surface area contributed by atoms with Crippen molar-refractivity contribution in [1.29, 1.82) is 0 Å². The molecule has 1 fully saturated rings. The number of carbonyl (C=O) groups excluding carboxylic acids is 1. The first kappa shape index (κ1) is 16.9. The molecule has 0 bridgehead atoms. The Balaban J connectivity index is 3.01. The van der Waals surface area contributed by atoms with Crippen LogP contribution in [0.25, 0.3) is 0 Å². The maximum absolute atomic E-state index is 12.5. The number of hydrogen-bond acceptors (Lipinski definition) is 5. The second-order valence-corrected chi connectivity index (χ2v) is 7.40. The molecular weight excluding hydrogens is 286 g/mol. The molecule has 0 aromatic heterocycles. The van der Waals surface area contributed by atoms with Crippen molar-refractivity contribution in [3.8, 4) is 0 Å². The number of carboxylic acids is 1. The van der Waals surface area contributed by atoms with Gasteiger partial charge in [0.2, 0.25) is 0 Å². The first-order valence-electron chi connectivity index (χ1n) is 6.43. The lowest BCUT2D eigenvalue weighted by molar-refractivity contribution is -0.160. The molecule has 2 atom stereocenters. The van der Waals surface area contributed by atoms with E-state index >= 15 is 0 Å². The maximum Gasteiger partial charge on any atom is 0.323 e. The van der Waals surface area contributed by atoms with Crippen molar-refractivity contribution in [2.45, 2.75) is 38.3 Å². The average Bonchev–Trinajstić information content (AvgIpc) is 2.74. The van der Waals surface area contributed by atoms with Gasteiger partial charge in [-0.15, -0.1) is 0 Å². The monoisotopic (exact) mass is 307 g/mol. The molecule has 1 N–H and O–H groups in total. The van der Waals surface area contributed by atoms with Crippen LogP contribution in [0.4, 0.5) is 0 Å². The fraction of sp³-hybridized carbons (Fsp3) is 0.833. The van der Waals surface area contributed by atoms with E-state index in [-0.39, 0.29) is 17.9 Å². The molecule has 8 heteroatoms. The van der Waals surface area contributed by atoms with Crippen LogP contribution in [0.1, 0.15) is 26.7 Å². The summed E-state index contributed by atoms with van der Waals surface area (Å²) in [6.07, 6.45) is 0.642. The molecule has 1 amide bonds. The molecule has 0 aromatic rings. The Morgan fingerprint density at radius 2 is 2.05 bits per heavy atom. The topological polar surface area (TPSA) is 101 Å². The second-order valence-electron chi connectivity index (χ2n) is 5.17. The summed E-state index contributed by atoms with van der Waals surface area (Å²) in [5.41, 5.74) is -1.14. The number of ether oxygens (including phenoxy) is 1. The van der Waals surface area contributed by atoms with Gasteiger partial charge in [0.05, 0.1) is 11.5 Å². The highest BCUT2D eigenvalue weighted by molar-refractivity contribution is 7.91. The fourth-order valence-corrected chi connectivity index (χ4v) is 3.95. The van der Waals surface area contributed by atoms with Gasteiger partial charge in [-0.05, 0) is 19.8 Å². The number of nitrogens with zero attached hydrogens (tertiary/aromatic N) is 1. The van der Waals surface area contributed by atoms with Crippen LogP contribution < -0.4 is 0 Å². The van der Waals surface area contributed by atoms with Crippen LogP contribution in [0, 0.1) is 0 Å². The predicted molar refractivity (Wildman–Crippen MR) is 72.1 cm³/mol. The summed E-state index contributed by atoms with van der Waals surface area (Å²) in [7, 11) is -1.82. The van der Waals surface area contributed by atoms with Gasteiger partial charge < -0.3 is 14.7 Å². The van der Waals surface area contributed by atoms with Gasteiger partial charge in [0.15, 0.2) is 9.84 Å². The lowest BCUT2D eigenvalue weighted by Gasteiger charge is -2.35. The third-order valence-corrected chi connectivity index (χ3v) is 5.54. The quantitative estimate of drug-likeness (QED) is 0.735. The normalized spacial score (nSPS) is 24.1. The first-order chi connectivity index (χ1) is 9.15. The number of amides is 1. The van der Waals surface area contributed by atoms with E-state index in [9.17, 15) is 18.0 Å². The molecule has 0 spiro atoms. The second kappa shape index (κ2) is 6.09. The van der Waals surface area contributed by atoms with Crippen molar-refractivity contribution < 1.29 is 27.9 Å². The molecule has 1 aliphatic heterocycles. The lowest BCUT2D eigenvalue weighted by atomic mass is 10.00. The van der Waals surface area contributed by atoms with E-state index in [1.165, 1.54) is 7.11 Å². The van der Waals surface area contributed by atoms with Gasteiger partial charge in [0.1, 0.15) is 12.1 Å². The summed E-state index contributed by atoms with van der Waals surface area (Å²) in [6, 6.07) is -0.593. The van der Waals surface area contributed by atoms with Gasteiger partial charge in [-0.1, -0.05) is 6.92 Å². The number of carboxylic acid groups (broad SMARTS) is 1. The molecule has 0 aliphatic carbocycles. The van der Waals surface area contributed by atoms with Crippen LogP contribution in [-0.2, 0) is 24.2 Å². The Hall–Kier alpha value is -1.15. The van der Waals surface area contributed by atoms with Crippen molar-refractivity contribution in [2.75, 3.05) is 25.2 Å². The zero-order chi connectivity index (χ0) is 15.6. The largest absolute Gasteiger partial charge is 0.480 e. The smallest absolute Gasteiger partial charge is 0.323 e. The summed E-state index contributed by atoms with van der Waals surface area (Å²) >= 11 is 0. The van der Waals surface area contributed by atoms with Gasteiger partial charge in [0.25, 0.3) is 5.91 Å². The van der Waals surface area contributed by atoms with Crippen molar-refractivity contribution in [3.05, 3.63) is 0 Å². The van der Waals surface area contributed by atoms with Crippen LogP contribution >= 0.6 is 0 Å². The highest BCUT2D eigenvalue weighted by Crippen LogP contribution is 2.24. The predicted octanol–water partition coefficient (Wildman–Crippen LogP) is -0.0982. The molecule has 116 valence electrons. The highest BCUT2D eigenvalue weighted by atomic mass is 32.2. The van der Waals surface area contributed by atoms with Gasteiger partial charge in [0, 0.05) is 13.2 Å². The van der Waals surface area contributed by atoms with Crippen LogP contribution in [0.5, 0.6) is 0 Å². The standard InChI is InChI=1S/C12H21NO6S/c1-4-12(2,19-3)11(16)13(7-10(14)15)9-5-6-20(17,18)8-9/h9H,4-8H2,1-3H3,(H,14,15). The molecule has 7 nitrogen and oxygen atoms in total. The SMILES string of the molecule is CCC(C)(OC)C(=O)N(CC(=O)O)C1CCS(=O)(=O)C1. The number of sulfone groups is 1. The van der Waals surface area contributed by atoms with Gasteiger partial charge in [-0.2, -0.15) is 0 Å². The van der Waals surface area contributed by atoms with Gasteiger partial charge in [-0.3, -0.25) is 9.59 Å². The summed E-state index contributed by atoms with van der Waals surface area (Å²) in [5, 5.41) is 8.95. The Labute approximate surface area is 118 Å². The van der Waals surface area contributed by atoms with E-state index in [1.807, 2.05) is 0 Å². The van der Waals surface area contributed by atoms with Crippen LogP contribution in [0.2, 0.25) is 0 Å². The van der Waals surface area contributed by atoms with Crippen LogP contribution in [0.3, 0.4) is 0 Å². The van der Waals surface area contributed by atoms with E-state index in [4.69, 9.17) is 9.84 Å². The number of rotatable bonds is 6. The van der Waals surface area contributed by atoms with E-state index in [2.05, 4.69) is 0 Å². The van der Waals surface area contributed by atoms with Crippen molar-refractivity contribution in [1.82, 2.24) is 4.90 Å². The molecule has 20 heavy (non-hydrogen) atoms. The third kappa shape index (κ3) is 3.69. The number of hydrogen-bond donors (Lipinski definition) is 1. The van der Waals surface area contributed by atoms with Crippen molar-refractivity contribution >= 4 is 21.7 Å². The summed E-state index contributed by atoms with van der Waals surface area (Å²) in [6.45, 7) is 2.82. The van der Waals surface area contributed by atoms with Crippen molar-refractivity contribution in [2.24, 2.45) is 0 Å². The average molecular weight is 307 g/mol. The minimum atomic E-state index is -3.20. The Morgan fingerprint density at radius 1 is 1.45 bits per heavy atom. The van der Waals surface area contributed by atoms with E-state index in [0.717, 1.165) is 4.90 Å². The molecule has 0 aromatic carbocycles. The molecule has 1 rings (SSSR count). The fourth-order valence-electron chi connectivity index (χ4n) is 2.22. The zero-order valence-electron chi connectivity index (χ0n) is 12.0. The van der Waals surface area contributed by atoms with E-state index < -0.39 is 39.9 Å². The molecule has 2 unspecified atom stereocenters. The van der Waals surface area contributed by atoms with Gasteiger partial charge >= 0.3 is 5.97 Å². The first-order valence-corrected chi connectivity index (χ1v) is 8.26. The highest BCUT2D eigenvalue weighted by Gasteiger charge is 2.42. The van der Waals surface area contributed by atoms with Gasteiger partial charge in [-0.25, -0.2) is 8.42 Å². The number of aliphatic carboxylic acids is 1. The summed E-state index contributed by atoms with van der Waals surface area (Å²) in [4.78, 5) is 24.6. The molecular formula is C12H21NO6S. The number of methoxy groups -OCH3 is 1. The third-order valence-electron chi connectivity index (χ3n) is 3.79. The Kier molecular flexibility index (Phi) is 5.15. The molecule has 1 aliphatic rings. The van der Waals surface area contributed by atoms with Crippen LogP contribution in [0.15, 0.2) is 0 Å². The van der Waals surface area contributed by atoms with Crippen LogP contribution in [-0.4, -0.2) is 67.1 Å². The Morgan fingerprint density at radius 3 is 2.40 bits per heavy atom. The van der Waals surface area contributed by atoms with Crippen molar-refractivity contribution in [3.63, 3.8) is 0 Å². The molecule has 1 heterocycles. The summed E-state index contributed by atoms with van der Waals surface area (Å²) in [5.74, 6) is -1.85. The molecule has 0 radical (unpaired) electrons.